The lowest BCUT2D eigenvalue weighted by Crippen LogP contribution is -2.46. The van der Waals surface area contributed by atoms with E-state index in [1.54, 1.807) is 7.05 Å². The van der Waals surface area contributed by atoms with Crippen molar-refractivity contribution in [2.24, 2.45) is 0 Å². The van der Waals surface area contributed by atoms with Crippen molar-refractivity contribution in [3.8, 4) is 0 Å². The quantitative estimate of drug-likeness (QED) is 0.868. The van der Waals surface area contributed by atoms with Crippen LogP contribution in [-0.4, -0.2) is 58.8 Å². The number of piperazine rings is 1. The Morgan fingerprint density at radius 2 is 2.00 bits per heavy atom. The number of benzene rings is 1. The average molecular weight is 297 g/mol. The minimum absolute atomic E-state index is 0.164. The lowest BCUT2D eigenvalue weighted by molar-refractivity contribution is 0.254. The molecule has 1 aliphatic rings. The molecule has 0 aliphatic carbocycles. The van der Waals surface area contributed by atoms with Crippen molar-refractivity contribution >= 4 is 15.7 Å². The number of sulfonamides is 1. The first-order chi connectivity index (χ1) is 9.49. The van der Waals surface area contributed by atoms with Crippen LogP contribution in [0.5, 0.6) is 0 Å². The van der Waals surface area contributed by atoms with Gasteiger partial charge in [-0.15, -0.1) is 0 Å². The molecule has 0 saturated carbocycles. The van der Waals surface area contributed by atoms with Gasteiger partial charge in [0.1, 0.15) is 0 Å². The summed E-state index contributed by atoms with van der Waals surface area (Å²) in [5.41, 5.74) is 1.79. The van der Waals surface area contributed by atoms with Gasteiger partial charge in [0.15, 0.2) is 0 Å². The van der Waals surface area contributed by atoms with Gasteiger partial charge in [0.25, 0.3) is 0 Å². The highest BCUT2D eigenvalue weighted by molar-refractivity contribution is 7.92. The predicted octanol–water partition coefficient (Wildman–Crippen LogP) is 0.666. The molecule has 6 heteroatoms. The van der Waals surface area contributed by atoms with Crippen LogP contribution < -0.4 is 9.62 Å². The van der Waals surface area contributed by atoms with Crippen molar-refractivity contribution in [2.45, 2.75) is 6.92 Å². The van der Waals surface area contributed by atoms with Gasteiger partial charge in [0, 0.05) is 39.8 Å². The fourth-order valence-corrected chi connectivity index (χ4v) is 3.50. The molecule has 112 valence electrons. The molecule has 2 rings (SSSR count). The molecule has 1 aromatic carbocycles. The summed E-state index contributed by atoms with van der Waals surface area (Å²) < 4.78 is 26.1. The van der Waals surface area contributed by atoms with Gasteiger partial charge in [0.2, 0.25) is 10.0 Å². The molecule has 0 bridgehead atoms. The van der Waals surface area contributed by atoms with E-state index < -0.39 is 10.0 Å². The first-order valence-electron chi connectivity index (χ1n) is 6.95. The Bertz CT molecular complexity index is 539. The van der Waals surface area contributed by atoms with Gasteiger partial charge in [-0.1, -0.05) is 12.1 Å². The molecule has 0 spiro atoms. The van der Waals surface area contributed by atoms with E-state index in [0.29, 0.717) is 6.54 Å². The molecule has 0 aromatic heterocycles. The minimum Gasteiger partial charge on any atom is -0.314 e. The maximum Gasteiger partial charge on any atom is 0.236 e. The summed E-state index contributed by atoms with van der Waals surface area (Å²) in [5.74, 6) is 0.164. The molecular formula is C14H23N3O2S. The van der Waals surface area contributed by atoms with Crippen LogP contribution in [0.25, 0.3) is 0 Å². The maximum atomic E-state index is 12.4. The Hall–Kier alpha value is -1.11. The minimum atomic E-state index is -3.26. The Morgan fingerprint density at radius 1 is 1.30 bits per heavy atom. The van der Waals surface area contributed by atoms with E-state index in [9.17, 15) is 8.42 Å². The third-order valence-corrected chi connectivity index (χ3v) is 5.40. The Kier molecular flexibility index (Phi) is 5.01. The Morgan fingerprint density at radius 3 is 2.65 bits per heavy atom. The molecule has 1 saturated heterocycles. The molecule has 1 heterocycles. The van der Waals surface area contributed by atoms with E-state index in [1.165, 1.54) is 4.31 Å². The summed E-state index contributed by atoms with van der Waals surface area (Å²) in [6.45, 7) is 6.28. The molecule has 5 nitrogen and oxygen atoms in total. The van der Waals surface area contributed by atoms with Gasteiger partial charge in [-0.2, -0.15) is 0 Å². The summed E-state index contributed by atoms with van der Waals surface area (Å²) in [6, 6.07) is 7.56. The van der Waals surface area contributed by atoms with Gasteiger partial charge in [-0.25, -0.2) is 8.42 Å². The molecule has 1 fully saturated rings. The normalized spacial score (nSPS) is 17.1. The van der Waals surface area contributed by atoms with Crippen LogP contribution in [0.15, 0.2) is 24.3 Å². The van der Waals surface area contributed by atoms with Crippen LogP contribution in [0.2, 0.25) is 0 Å². The summed E-state index contributed by atoms with van der Waals surface area (Å²) in [7, 11) is -1.63. The molecule has 0 atom stereocenters. The van der Waals surface area contributed by atoms with Crippen LogP contribution >= 0.6 is 0 Å². The molecule has 1 N–H and O–H groups in total. The monoisotopic (exact) mass is 297 g/mol. The molecule has 20 heavy (non-hydrogen) atoms. The van der Waals surface area contributed by atoms with Crippen molar-refractivity contribution in [1.82, 2.24) is 10.2 Å². The lowest BCUT2D eigenvalue weighted by atomic mass is 10.2. The van der Waals surface area contributed by atoms with Gasteiger partial charge in [-0.05, 0) is 24.6 Å². The van der Waals surface area contributed by atoms with Crippen LogP contribution in [0.4, 0.5) is 5.69 Å². The summed E-state index contributed by atoms with van der Waals surface area (Å²) in [4.78, 5) is 2.19. The third kappa shape index (κ3) is 3.94. The van der Waals surface area contributed by atoms with E-state index in [2.05, 4.69) is 10.2 Å². The fraction of sp³-hybridized carbons (Fsp3) is 0.571. The highest BCUT2D eigenvalue weighted by Gasteiger charge is 2.20. The van der Waals surface area contributed by atoms with Crippen LogP contribution in [0.3, 0.4) is 0 Å². The average Bonchev–Trinajstić information content (AvgIpc) is 2.45. The largest absolute Gasteiger partial charge is 0.314 e. The molecule has 0 radical (unpaired) electrons. The molecule has 1 aliphatic heterocycles. The van der Waals surface area contributed by atoms with Crippen molar-refractivity contribution in [3.63, 3.8) is 0 Å². The zero-order valence-corrected chi connectivity index (χ0v) is 13.0. The zero-order chi connectivity index (χ0) is 14.6. The van der Waals surface area contributed by atoms with E-state index in [0.717, 1.165) is 37.4 Å². The smallest absolute Gasteiger partial charge is 0.236 e. The number of hydrogen-bond acceptors (Lipinski definition) is 4. The standard InChI is InChI=1S/C14H23N3O2S/c1-13-4-3-5-14(12-13)16(2)20(18,19)11-10-17-8-6-15-7-9-17/h3-5,12,15H,6-11H2,1-2H3. The SMILES string of the molecule is Cc1cccc(N(C)S(=O)(=O)CCN2CCNCC2)c1. The molecule has 0 amide bonds. The number of nitrogens with zero attached hydrogens (tertiary/aromatic N) is 2. The second-order valence-corrected chi connectivity index (χ2v) is 7.33. The topological polar surface area (TPSA) is 52.7 Å². The fourth-order valence-electron chi connectivity index (χ4n) is 2.30. The van der Waals surface area contributed by atoms with Crippen LogP contribution in [0.1, 0.15) is 5.56 Å². The van der Waals surface area contributed by atoms with E-state index in [1.807, 2.05) is 31.2 Å². The third-order valence-electron chi connectivity index (χ3n) is 3.66. The molecular weight excluding hydrogens is 274 g/mol. The number of aryl methyl sites for hydroxylation is 1. The van der Waals surface area contributed by atoms with Crippen molar-refractivity contribution < 1.29 is 8.42 Å². The number of rotatable bonds is 5. The predicted molar refractivity (Wildman–Crippen MR) is 82.7 cm³/mol. The van der Waals surface area contributed by atoms with Crippen molar-refractivity contribution in [1.29, 1.82) is 0 Å². The summed E-state index contributed by atoms with van der Waals surface area (Å²) in [6.07, 6.45) is 0. The van der Waals surface area contributed by atoms with Gasteiger partial charge in [0.05, 0.1) is 11.4 Å². The van der Waals surface area contributed by atoms with Gasteiger partial charge < -0.3 is 5.32 Å². The molecule has 0 unspecified atom stereocenters. The highest BCUT2D eigenvalue weighted by atomic mass is 32.2. The van der Waals surface area contributed by atoms with Crippen molar-refractivity contribution in [2.75, 3.05) is 49.8 Å². The number of anilines is 1. The van der Waals surface area contributed by atoms with Crippen LogP contribution in [-0.2, 0) is 10.0 Å². The summed E-state index contributed by atoms with van der Waals surface area (Å²) >= 11 is 0. The zero-order valence-electron chi connectivity index (χ0n) is 12.2. The first kappa shape index (κ1) is 15.3. The summed E-state index contributed by atoms with van der Waals surface area (Å²) in [5, 5.41) is 3.27. The van der Waals surface area contributed by atoms with E-state index in [-0.39, 0.29) is 5.75 Å². The highest BCUT2D eigenvalue weighted by Crippen LogP contribution is 2.17. The van der Waals surface area contributed by atoms with Crippen molar-refractivity contribution in [3.05, 3.63) is 29.8 Å². The van der Waals surface area contributed by atoms with Gasteiger partial charge >= 0.3 is 0 Å². The van der Waals surface area contributed by atoms with Gasteiger partial charge in [-0.3, -0.25) is 9.21 Å². The van der Waals surface area contributed by atoms with E-state index in [4.69, 9.17) is 0 Å². The number of hydrogen-bond donors (Lipinski definition) is 1. The second kappa shape index (κ2) is 6.56. The Balaban J connectivity index is 1.98. The Labute approximate surface area is 121 Å². The lowest BCUT2D eigenvalue weighted by Gasteiger charge is -2.28. The van der Waals surface area contributed by atoms with Crippen LogP contribution in [0, 0.1) is 6.92 Å². The van der Waals surface area contributed by atoms with E-state index >= 15 is 0 Å². The second-order valence-electron chi connectivity index (χ2n) is 5.21. The number of nitrogens with one attached hydrogen (secondary N) is 1. The first-order valence-corrected chi connectivity index (χ1v) is 8.56. The maximum absolute atomic E-state index is 12.4. The molecule has 1 aromatic rings.